The van der Waals surface area contributed by atoms with Crippen LogP contribution in [-0.2, 0) is 6.54 Å². The summed E-state index contributed by atoms with van der Waals surface area (Å²) in [6.07, 6.45) is -4.74. The number of rotatable bonds is 3. The molecule has 9 heteroatoms. The maximum atomic E-state index is 12.0. The standard InChI is InChI=1S/C10H8F3N3O2.ClH/c11-10(12,13)18-7-3-1-2-6(4-7)9-16-15-8(5-14)17-9;/h1-4H,5,14H2;1H. The van der Waals surface area contributed by atoms with Crippen LogP contribution in [0.15, 0.2) is 28.7 Å². The van der Waals surface area contributed by atoms with Crippen LogP contribution in [0.3, 0.4) is 0 Å². The molecule has 2 N–H and O–H groups in total. The molecule has 1 aromatic heterocycles. The molecule has 1 aromatic carbocycles. The van der Waals surface area contributed by atoms with Gasteiger partial charge in [0.05, 0.1) is 6.54 Å². The molecule has 0 atom stereocenters. The van der Waals surface area contributed by atoms with Crippen LogP contribution in [0.5, 0.6) is 5.75 Å². The number of nitrogens with zero attached hydrogens (tertiary/aromatic N) is 2. The molecule has 0 aliphatic heterocycles. The fourth-order valence-corrected chi connectivity index (χ4v) is 1.28. The van der Waals surface area contributed by atoms with Crippen LogP contribution in [0.2, 0.25) is 0 Å². The van der Waals surface area contributed by atoms with E-state index in [1.807, 2.05) is 0 Å². The molecule has 2 rings (SSSR count). The van der Waals surface area contributed by atoms with Crippen LogP contribution >= 0.6 is 12.4 Å². The number of benzene rings is 1. The average Bonchev–Trinajstić information content (AvgIpc) is 2.75. The molecule has 0 saturated carbocycles. The average molecular weight is 296 g/mol. The van der Waals surface area contributed by atoms with Gasteiger partial charge < -0.3 is 14.9 Å². The van der Waals surface area contributed by atoms with Crippen molar-refractivity contribution in [3.63, 3.8) is 0 Å². The van der Waals surface area contributed by atoms with Gasteiger partial charge in [-0.25, -0.2) is 0 Å². The second-order valence-electron chi connectivity index (χ2n) is 3.28. The number of ether oxygens (including phenoxy) is 1. The van der Waals surface area contributed by atoms with E-state index in [4.69, 9.17) is 10.2 Å². The lowest BCUT2D eigenvalue weighted by Gasteiger charge is -2.08. The minimum Gasteiger partial charge on any atom is -0.419 e. The highest BCUT2D eigenvalue weighted by atomic mass is 35.5. The van der Waals surface area contributed by atoms with Gasteiger partial charge in [0, 0.05) is 5.56 Å². The molecule has 19 heavy (non-hydrogen) atoms. The second-order valence-corrected chi connectivity index (χ2v) is 3.28. The van der Waals surface area contributed by atoms with Crippen molar-refractivity contribution in [3.8, 4) is 17.2 Å². The lowest BCUT2D eigenvalue weighted by molar-refractivity contribution is -0.274. The zero-order valence-corrected chi connectivity index (χ0v) is 10.2. The maximum Gasteiger partial charge on any atom is 0.573 e. The van der Waals surface area contributed by atoms with Gasteiger partial charge in [0.25, 0.3) is 0 Å². The summed E-state index contributed by atoms with van der Waals surface area (Å²) in [7, 11) is 0. The van der Waals surface area contributed by atoms with E-state index >= 15 is 0 Å². The van der Waals surface area contributed by atoms with Crippen molar-refractivity contribution in [3.05, 3.63) is 30.2 Å². The third kappa shape index (κ3) is 4.11. The van der Waals surface area contributed by atoms with E-state index in [1.54, 1.807) is 0 Å². The molecule has 0 saturated heterocycles. The van der Waals surface area contributed by atoms with Crippen molar-refractivity contribution in [2.75, 3.05) is 0 Å². The van der Waals surface area contributed by atoms with E-state index in [0.717, 1.165) is 6.07 Å². The van der Waals surface area contributed by atoms with E-state index in [9.17, 15) is 13.2 Å². The third-order valence-corrected chi connectivity index (χ3v) is 1.96. The molecule has 0 unspecified atom stereocenters. The van der Waals surface area contributed by atoms with Crippen LogP contribution in [0.25, 0.3) is 11.5 Å². The topological polar surface area (TPSA) is 74.2 Å². The van der Waals surface area contributed by atoms with Gasteiger partial charge in [-0.15, -0.1) is 35.8 Å². The summed E-state index contributed by atoms with van der Waals surface area (Å²) in [6, 6.07) is 5.25. The summed E-state index contributed by atoms with van der Waals surface area (Å²) in [5.41, 5.74) is 5.61. The van der Waals surface area contributed by atoms with E-state index in [0.29, 0.717) is 5.56 Å². The highest BCUT2D eigenvalue weighted by Gasteiger charge is 2.31. The molecule has 0 amide bonds. The van der Waals surface area contributed by atoms with Crippen molar-refractivity contribution < 1.29 is 22.3 Å². The first-order valence-corrected chi connectivity index (χ1v) is 4.86. The number of aromatic nitrogens is 2. The van der Waals surface area contributed by atoms with Gasteiger partial charge in [0.15, 0.2) is 0 Å². The summed E-state index contributed by atoms with van der Waals surface area (Å²) in [6.45, 7) is 0.0613. The Labute approximate surface area is 112 Å². The van der Waals surface area contributed by atoms with Gasteiger partial charge in [-0.2, -0.15) is 0 Å². The highest BCUT2D eigenvalue weighted by molar-refractivity contribution is 5.85. The second kappa shape index (κ2) is 5.89. The van der Waals surface area contributed by atoms with Crippen molar-refractivity contribution in [1.82, 2.24) is 10.2 Å². The number of hydrogen-bond donors (Lipinski definition) is 1. The van der Waals surface area contributed by atoms with Gasteiger partial charge in [-0.1, -0.05) is 6.07 Å². The van der Waals surface area contributed by atoms with E-state index in [2.05, 4.69) is 14.9 Å². The lowest BCUT2D eigenvalue weighted by Crippen LogP contribution is -2.17. The monoisotopic (exact) mass is 295 g/mol. The first kappa shape index (κ1) is 15.3. The van der Waals surface area contributed by atoms with Crippen molar-refractivity contribution in [2.24, 2.45) is 5.73 Å². The van der Waals surface area contributed by atoms with Gasteiger partial charge in [-0.05, 0) is 18.2 Å². The first-order valence-electron chi connectivity index (χ1n) is 4.86. The summed E-state index contributed by atoms with van der Waals surface area (Å²) >= 11 is 0. The molecule has 5 nitrogen and oxygen atoms in total. The van der Waals surface area contributed by atoms with Gasteiger partial charge in [0.2, 0.25) is 11.8 Å². The number of nitrogens with two attached hydrogens (primary N) is 1. The maximum absolute atomic E-state index is 12.0. The minimum absolute atomic E-state index is 0. The quantitative estimate of drug-likeness (QED) is 0.942. The molecule has 0 aliphatic carbocycles. The fourth-order valence-electron chi connectivity index (χ4n) is 1.28. The fraction of sp³-hybridized carbons (Fsp3) is 0.200. The molecular formula is C10H9ClF3N3O2. The normalized spacial score (nSPS) is 10.9. The van der Waals surface area contributed by atoms with Crippen LogP contribution < -0.4 is 10.5 Å². The molecule has 0 aliphatic rings. The first-order chi connectivity index (χ1) is 8.48. The Kier molecular flexibility index (Phi) is 4.73. The molecule has 1 heterocycles. The van der Waals surface area contributed by atoms with Crippen LogP contribution in [-0.4, -0.2) is 16.6 Å². The largest absolute Gasteiger partial charge is 0.573 e. The minimum atomic E-state index is -4.74. The number of hydrogen-bond acceptors (Lipinski definition) is 5. The molecular weight excluding hydrogens is 287 g/mol. The summed E-state index contributed by atoms with van der Waals surface area (Å²) in [5, 5.41) is 7.27. The SMILES string of the molecule is Cl.NCc1nnc(-c2cccc(OC(F)(F)F)c2)o1. The molecule has 0 fully saturated rings. The van der Waals surface area contributed by atoms with Crippen molar-refractivity contribution in [2.45, 2.75) is 12.9 Å². The Bertz CT molecular complexity index is 545. The predicted octanol–water partition coefficient (Wildman–Crippen LogP) is 2.52. The van der Waals surface area contributed by atoms with Gasteiger partial charge in [0.1, 0.15) is 5.75 Å². The Balaban J connectivity index is 0.00000180. The van der Waals surface area contributed by atoms with Gasteiger partial charge in [-0.3, -0.25) is 0 Å². The third-order valence-electron chi connectivity index (χ3n) is 1.96. The Morgan fingerprint density at radius 3 is 2.58 bits per heavy atom. The lowest BCUT2D eigenvalue weighted by atomic mass is 10.2. The Morgan fingerprint density at radius 2 is 2.00 bits per heavy atom. The Hall–Kier alpha value is -1.80. The molecule has 2 aromatic rings. The zero-order valence-electron chi connectivity index (χ0n) is 9.35. The van der Waals surface area contributed by atoms with Crippen molar-refractivity contribution >= 4 is 12.4 Å². The van der Waals surface area contributed by atoms with Gasteiger partial charge >= 0.3 is 6.36 Å². The van der Waals surface area contributed by atoms with E-state index < -0.39 is 6.36 Å². The van der Waals surface area contributed by atoms with Crippen molar-refractivity contribution in [1.29, 1.82) is 0 Å². The number of alkyl halides is 3. The summed E-state index contributed by atoms with van der Waals surface area (Å²) < 4.78 is 45.0. The Morgan fingerprint density at radius 1 is 1.26 bits per heavy atom. The number of halogens is 4. The molecule has 0 spiro atoms. The zero-order chi connectivity index (χ0) is 13.2. The predicted molar refractivity (Wildman–Crippen MR) is 61.6 cm³/mol. The van der Waals surface area contributed by atoms with Crippen LogP contribution in [0, 0.1) is 0 Å². The molecule has 0 radical (unpaired) electrons. The highest BCUT2D eigenvalue weighted by Crippen LogP contribution is 2.27. The van der Waals surface area contributed by atoms with E-state index in [-0.39, 0.29) is 36.5 Å². The van der Waals surface area contributed by atoms with Crippen LogP contribution in [0.4, 0.5) is 13.2 Å². The van der Waals surface area contributed by atoms with E-state index in [1.165, 1.54) is 18.2 Å². The summed E-state index contributed by atoms with van der Waals surface area (Å²) in [5.74, 6) is -0.0669. The smallest absolute Gasteiger partial charge is 0.419 e. The molecule has 0 bridgehead atoms. The van der Waals surface area contributed by atoms with Crippen LogP contribution in [0.1, 0.15) is 5.89 Å². The summed E-state index contributed by atoms with van der Waals surface area (Å²) in [4.78, 5) is 0. The molecule has 104 valence electrons.